The van der Waals surface area contributed by atoms with E-state index >= 15 is 0 Å². The zero-order valence-corrected chi connectivity index (χ0v) is 7.92. The smallest absolute Gasteiger partial charge is 0.325 e. The fourth-order valence-corrected chi connectivity index (χ4v) is 0.682. The molecule has 76 valence electrons. The van der Waals surface area contributed by atoms with Crippen molar-refractivity contribution in [3.63, 3.8) is 0 Å². The second-order valence-corrected chi connectivity index (χ2v) is 2.68. The molecular weight excluding hydrogens is 174 g/mol. The lowest BCUT2D eigenvalue weighted by atomic mass is 10.3. The number of amides is 1. The number of carbonyl (C=O) groups is 2. The molecule has 0 saturated heterocycles. The van der Waals surface area contributed by atoms with Crippen molar-refractivity contribution in [2.75, 3.05) is 7.05 Å². The van der Waals surface area contributed by atoms with Gasteiger partial charge < -0.3 is 10.4 Å². The highest BCUT2D eigenvalue weighted by Gasteiger charge is 2.17. The summed E-state index contributed by atoms with van der Waals surface area (Å²) >= 11 is 0. The highest BCUT2D eigenvalue weighted by molar-refractivity contribution is 5.86. The molecule has 0 aliphatic heterocycles. The summed E-state index contributed by atoms with van der Waals surface area (Å²) < 4.78 is 0. The molecule has 0 fully saturated rings. The maximum Gasteiger partial charge on any atom is 0.325 e. The van der Waals surface area contributed by atoms with Crippen molar-refractivity contribution in [3.05, 3.63) is 0 Å². The van der Waals surface area contributed by atoms with Gasteiger partial charge in [-0.15, -0.1) is 0 Å². The van der Waals surface area contributed by atoms with E-state index in [4.69, 9.17) is 5.11 Å². The zero-order chi connectivity index (χ0) is 10.4. The van der Waals surface area contributed by atoms with Crippen molar-refractivity contribution in [2.24, 2.45) is 0 Å². The van der Waals surface area contributed by atoms with Gasteiger partial charge in [-0.25, -0.2) is 5.43 Å². The van der Waals surface area contributed by atoms with Crippen LogP contribution in [0.5, 0.6) is 0 Å². The number of aliphatic carboxylic acids is 1. The molecule has 0 rings (SSSR count). The Balaban J connectivity index is 3.92. The molecule has 6 nitrogen and oxygen atoms in total. The summed E-state index contributed by atoms with van der Waals surface area (Å²) in [5.74, 6) is -1.41. The summed E-state index contributed by atoms with van der Waals surface area (Å²) in [6.07, 6.45) is 0. The van der Waals surface area contributed by atoms with E-state index < -0.39 is 18.1 Å². The monoisotopic (exact) mass is 189 g/mol. The van der Waals surface area contributed by atoms with E-state index in [0.717, 1.165) is 0 Å². The van der Waals surface area contributed by atoms with Gasteiger partial charge in [0.05, 0.1) is 6.04 Å². The van der Waals surface area contributed by atoms with E-state index in [2.05, 4.69) is 16.2 Å². The molecule has 0 aromatic rings. The number of carbonyl (C=O) groups excluding carboxylic acids is 1. The van der Waals surface area contributed by atoms with E-state index in [1.165, 1.54) is 6.92 Å². The highest BCUT2D eigenvalue weighted by Crippen LogP contribution is 1.85. The Kier molecular flexibility index (Phi) is 5.01. The van der Waals surface area contributed by atoms with Crippen molar-refractivity contribution in [2.45, 2.75) is 25.9 Å². The van der Waals surface area contributed by atoms with E-state index in [9.17, 15) is 9.59 Å². The van der Waals surface area contributed by atoms with Crippen LogP contribution >= 0.6 is 0 Å². The van der Waals surface area contributed by atoms with Crippen molar-refractivity contribution >= 4 is 11.9 Å². The number of hydrogen-bond acceptors (Lipinski definition) is 4. The van der Waals surface area contributed by atoms with E-state index in [1.807, 2.05) is 0 Å². The summed E-state index contributed by atoms with van der Waals surface area (Å²) in [6, 6.07) is -1.33. The summed E-state index contributed by atoms with van der Waals surface area (Å²) in [4.78, 5) is 21.5. The van der Waals surface area contributed by atoms with Gasteiger partial charge in [0.2, 0.25) is 5.91 Å². The van der Waals surface area contributed by atoms with E-state index in [1.54, 1.807) is 14.0 Å². The lowest BCUT2D eigenvalue weighted by Crippen LogP contribution is -2.50. The topological polar surface area (TPSA) is 90.5 Å². The first-order valence-electron chi connectivity index (χ1n) is 3.94. The van der Waals surface area contributed by atoms with Crippen LogP contribution in [0.1, 0.15) is 13.8 Å². The minimum atomic E-state index is -1.05. The molecule has 0 aromatic heterocycles. The number of carboxylic acid groups (broad SMARTS) is 1. The van der Waals surface area contributed by atoms with Crippen LogP contribution in [0.4, 0.5) is 0 Å². The predicted molar refractivity (Wildman–Crippen MR) is 46.9 cm³/mol. The van der Waals surface area contributed by atoms with Gasteiger partial charge in [-0.1, -0.05) is 0 Å². The molecule has 0 unspecified atom stereocenters. The minimum Gasteiger partial charge on any atom is -0.480 e. The predicted octanol–water partition coefficient (Wildman–Crippen LogP) is -1.31. The fraction of sp³-hybridized carbons (Fsp3) is 0.714. The summed E-state index contributed by atoms with van der Waals surface area (Å²) in [6.45, 7) is 3.03. The molecule has 0 aromatic carbocycles. The van der Waals surface area contributed by atoms with Crippen LogP contribution in [0.3, 0.4) is 0 Å². The number of hydrogen-bond donors (Lipinski definition) is 4. The van der Waals surface area contributed by atoms with Crippen LogP contribution in [0.2, 0.25) is 0 Å². The Hall–Kier alpha value is -1.14. The fourth-order valence-electron chi connectivity index (χ4n) is 0.682. The Morgan fingerprint density at radius 1 is 1.23 bits per heavy atom. The van der Waals surface area contributed by atoms with Crippen LogP contribution in [0.15, 0.2) is 0 Å². The second-order valence-electron chi connectivity index (χ2n) is 2.68. The molecule has 0 heterocycles. The van der Waals surface area contributed by atoms with Crippen LogP contribution in [0, 0.1) is 0 Å². The van der Waals surface area contributed by atoms with Crippen LogP contribution in [-0.2, 0) is 9.59 Å². The Morgan fingerprint density at radius 3 is 2.15 bits per heavy atom. The second kappa shape index (κ2) is 5.50. The van der Waals surface area contributed by atoms with Gasteiger partial charge in [0.15, 0.2) is 0 Å². The molecule has 13 heavy (non-hydrogen) atoms. The largest absolute Gasteiger partial charge is 0.480 e. The quantitative estimate of drug-likeness (QED) is 0.403. The summed E-state index contributed by atoms with van der Waals surface area (Å²) in [5.41, 5.74) is 5.23. The molecule has 0 saturated carbocycles. The van der Waals surface area contributed by atoms with Crippen molar-refractivity contribution in [1.29, 1.82) is 0 Å². The van der Waals surface area contributed by atoms with Crippen LogP contribution in [-0.4, -0.2) is 36.1 Å². The number of rotatable bonds is 5. The maximum absolute atomic E-state index is 11.2. The number of hydrazine groups is 1. The van der Waals surface area contributed by atoms with E-state index in [-0.39, 0.29) is 5.91 Å². The summed E-state index contributed by atoms with van der Waals surface area (Å²) in [5, 5.41) is 10.8. The van der Waals surface area contributed by atoms with Gasteiger partial charge in [0.1, 0.15) is 6.04 Å². The number of nitrogens with one attached hydrogen (secondary N) is 3. The summed E-state index contributed by atoms with van der Waals surface area (Å²) in [7, 11) is 1.63. The molecule has 2 atom stereocenters. The first kappa shape index (κ1) is 11.9. The molecule has 4 N–H and O–H groups in total. The Morgan fingerprint density at radius 2 is 1.77 bits per heavy atom. The van der Waals surface area contributed by atoms with Gasteiger partial charge in [0, 0.05) is 0 Å². The minimum absolute atomic E-state index is 0.357. The zero-order valence-electron chi connectivity index (χ0n) is 7.92. The molecule has 0 radical (unpaired) electrons. The van der Waals surface area contributed by atoms with E-state index in [0.29, 0.717) is 0 Å². The van der Waals surface area contributed by atoms with Gasteiger partial charge in [-0.3, -0.25) is 15.0 Å². The Labute approximate surface area is 76.7 Å². The van der Waals surface area contributed by atoms with Gasteiger partial charge in [0.25, 0.3) is 0 Å². The average Bonchev–Trinajstić information content (AvgIpc) is 2.04. The molecule has 0 spiro atoms. The molecule has 1 amide bonds. The molecule has 0 bridgehead atoms. The lowest BCUT2D eigenvalue weighted by Gasteiger charge is -2.15. The highest BCUT2D eigenvalue weighted by atomic mass is 16.4. The number of carboxylic acids is 1. The van der Waals surface area contributed by atoms with Gasteiger partial charge in [-0.2, -0.15) is 0 Å². The van der Waals surface area contributed by atoms with Crippen LogP contribution < -0.4 is 16.2 Å². The molecule has 0 aliphatic carbocycles. The van der Waals surface area contributed by atoms with Crippen molar-refractivity contribution in [1.82, 2.24) is 16.2 Å². The normalized spacial score (nSPS) is 14.7. The van der Waals surface area contributed by atoms with Gasteiger partial charge >= 0.3 is 5.97 Å². The SMILES string of the molecule is CNN[C@@H](C)C(=O)N[C@@H](C)C(=O)O. The Bertz CT molecular complexity index is 195. The first-order chi connectivity index (χ1) is 5.99. The first-order valence-corrected chi connectivity index (χ1v) is 3.94. The maximum atomic E-state index is 11.2. The molecule has 0 aliphatic rings. The average molecular weight is 189 g/mol. The van der Waals surface area contributed by atoms with Crippen LogP contribution in [0.25, 0.3) is 0 Å². The molecule has 6 heteroatoms. The standard InChI is InChI=1S/C7H15N3O3/c1-4(10-8-3)6(11)9-5(2)7(12)13/h4-5,8,10H,1-3H3,(H,9,11)(H,12,13)/t4-,5-/m0/s1. The third-order valence-electron chi connectivity index (χ3n) is 1.48. The van der Waals surface area contributed by atoms with Crippen molar-refractivity contribution in [3.8, 4) is 0 Å². The third-order valence-corrected chi connectivity index (χ3v) is 1.48. The third kappa shape index (κ3) is 4.44. The van der Waals surface area contributed by atoms with Gasteiger partial charge in [-0.05, 0) is 20.9 Å². The van der Waals surface area contributed by atoms with Crippen molar-refractivity contribution < 1.29 is 14.7 Å². The lowest BCUT2D eigenvalue weighted by molar-refractivity contribution is -0.141. The molecular formula is C7H15N3O3.